The fraction of sp³-hybridized carbons (Fsp3) is 0.500. The Balaban J connectivity index is 2.58. The van der Waals surface area contributed by atoms with Crippen LogP contribution in [0.2, 0.25) is 0 Å². The Morgan fingerprint density at radius 2 is 1.87 bits per heavy atom. The molecule has 0 fully saturated rings. The van der Waals surface area contributed by atoms with Gasteiger partial charge in [-0.1, -0.05) is 0 Å². The molecule has 0 aliphatic heterocycles. The summed E-state index contributed by atoms with van der Waals surface area (Å²) in [6.07, 6.45) is -1.89. The van der Waals surface area contributed by atoms with E-state index in [1.54, 1.807) is 0 Å². The highest BCUT2D eigenvalue weighted by atomic mass is 19.4. The van der Waals surface area contributed by atoms with Gasteiger partial charge in [0.05, 0.1) is 5.56 Å². The first kappa shape index (κ1) is 10.3. The summed E-state index contributed by atoms with van der Waals surface area (Å²) in [6.45, 7) is 0. The van der Waals surface area contributed by atoms with Crippen LogP contribution in [-0.4, -0.2) is 10.1 Å². The predicted octanol–water partition coefficient (Wildman–Crippen LogP) is 2.68. The molecule has 0 amide bonds. The van der Waals surface area contributed by atoms with E-state index >= 15 is 0 Å². The number of hydrogen-bond acceptors (Lipinski definition) is 2. The molecule has 1 heterocycles. The van der Waals surface area contributed by atoms with Gasteiger partial charge in [-0.15, -0.1) is 0 Å². The van der Waals surface area contributed by atoms with Crippen LogP contribution in [0.5, 0.6) is 5.88 Å². The zero-order valence-corrected chi connectivity index (χ0v) is 7.93. The summed E-state index contributed by atoms with van der Waals surface area (Å²) >= 11 is 0. The first-order valence-electron chi connectivity index (χ1n) is 4.77. The molecule has 15 heavy (non-hydrogen) atoms. The van der Waals surface area contributed by atoms with Crippen molar-refractivity contribution in [3.05, 3.63) is 22.9 Å². The fourth-order valence-electron chi connectivity index (χ4n) is 1.94. The Hall–Kier alpha value is -1.26. The van der Waals surface area contributed by atoms with Crippen molar-refractivity contribution >= 4 is 0 Å². The van der Waals surface area contributed by atoms with E-state index < -0.39 is 17.6 Å². The largest absolute Gasteiger partial charge is 0.493 e. The highest BCUT2D eigenvalue weighted by Crippen LogP contribution is 2.37. The standard InChI is InChI=1S/C10H10F3NO/c11-10(12,13)7-5-9(15)14-8-4-2-1-3-6(7)8/h5H,1-4H2,(H,14,15). The first-order valence-corrected chi connectivity index (χ1v) is 4.77. The van der Waals surface area contributed by atoms with Crippen LogP contribution in [0, 0.1) is 0 Å². The quantitative estimate of drug-likeness (QED) is 0.724. The third kappa shape index (κ3) is 1.91. The van der Waals surface area contributed by atoms with Gasteiger partial charge in [-0.2, -0.15) is 13.2 Å². The smallest absolute Gasteiger partial charge is 0.416 e. The van der Waals surface area contributed by atoms with Gasteiger partial charge in [-0.25, -0.2) is 4.98 Å². The number of nitrogens with zero attached hydrogens (tertiary/aromatic N) is 1. The van der Waals surface area contributed by atoms with Crippen LogP contribution < -0.4 is 0 Å². The highest BCUT2D eigenvalue weighted by Gasteiger charge is 2.35. The van der Waals surface area contributed by atoms with Gasteiger partial charge in [0.2, 0.25) is 5.88 Å². The molecular formula is C10H10F3NO. The van der Waals surface area contributed by atoms with E-state index in [0.717, 1.165) is 12.8 Å². The summed E-state index contributed by atoms with van der Waals surface area (Å²) in [5.74, 6) is -0.539. The Morgan fingerprint density at radius 1 is 1.20 bits per heavy atom. The van der Waals surface area contributed by atoms with Gasteiger partial charge in [0.25, 0.3) is 0 Å². The third-order valence-corrected chi connectivity index (χ3v) is 2.59. The summed E-state index contributed by atoms with van der Waals surface area (Å²) < 4.78 is 37.9. The van der Waals surface area contributed by atoms with Crippen LogP contribution in [0.4, 0.5) is 13.2 Å². The van der Waals surface area contributed by atoms with Crippen LogP contribution in [0.25, 0.3) is 0 Å². The molecule has 0 spiro atoms. The second-order valence-electron chi connectivity index (χ2n) is 3.66. The van der Waals surface area contributed by atoms with E-state index in [1.165, 1.54) is 0 Å². The van der Waals surface area contributed by atoms with Gasteiger partial charge < -0.3 is 5.11 Å². The average Bonchev–Trinajstić information content (AvgIpc) is 2.15. The third-order valence-electron chi connectivity index (χ3n) is 2.59. The first-order chi connectivity index (χ1) is 6.98. The van der Waals surface area contributed by atoms with E-state index in [1.807, 2.05) is 0 Å². The number of aryl methyl sites for hydroxylation is 1. The number of rotatable bonds is 0. The zero-order chi connectivity index (χ0) is 11.1. The minimum absolute atomic E-state index is 0.256. The fourth-order valence-corrected chi connectivity index (χ4v) is 1.94. The van der Waals surface area contributed by atoms with E-state index in [2.05, 4.69) is 4.98 Å². The van der Waals surface area contributed by atoms with Crippen LogP contribution >= 0.6 is 0 Å². The molecule has 1 aromatic heterocycles. The molecule has 0 saturated heterocycles. The SMILES string of the molecule is Oc1cc(C(F)(F)F)c2c(n1)CCCC2. The molecule has 0 aromatic carbocycles. The van der Waals surface area contributed by atoms with E-state index in [9.17, 15) is 13.2 Å². The number of aromatic hydroxyl groups is 1. The van der Waals surface area contributed by atoms with E-state index in [4.69, 9.17) is 5.11 Å². The van der Waals surface area contributed by atoms with Crippen LogP contribution in [0.15, 0.2) is 6.07 Å². The molecule has 0 saturated carbocycles. The highest BCUT2D eigenvalue weighted by molar-refractivity contribution is 5.38. The van der Waals surface area contributed by atoms with Crippen molar-refractivity contribution < 1.29 is 18.3 Å². The lowest BCUT2D eigenvalue weighted by Gasteiger charge is -2.20. The Morgan fingerprint density at radius 3 is 2.53 bits per heavy atom. The van der Waals surface area contributed by atoms with Gasteiger partial charge in [-0.3, -0.25) is 0 Å². The van der Waals surface area contributed by atoms with Crippen molar-refractivity contribution in [2.45, 2.75) is 31.9 Å². The van der Waals surface area contributed by atoms with Crippen LogP contribution in [0.1, 0.15) is 29.7 Å². The molecule has 1 aliphatic carbocycles. The molecule has 0 radical (unpaired) electrons. The van der Waals surface area contributed by atoms with Gasteiger partial charge in [-0.05, 0) is 31.2 Å². The van der Waals surface area contributed by atoms with E-state index in [-0.39, 0.29) is 5.56 Å². The number of fused-ring (bicyclic) bond motifs is 1. The summed E-state index contributed by atoms with van der Waals surface area (Å²) in [6, 6.07) is 0.712. The molecular weight excluding hydrogens is 207 g/mol. The van der Waals surface area contributed by atoms with Crippen molar-refractivity contribution in [3.63, 3.8) is 0 Å². The normalized spacial score (nSPS) is 16.2. The lowest BCUT2D eigenvalue weighted by atomic mass is 9.92. The van der Waals surface area contributed by atoms with Gasteiger partial charge in [0, 0.05) is 11.8 Å². The molecule has 2 nitrogen and oxygen atoms in total. The van der Waals surface area contributed by atoms with Crippen LogP contribution in [0.3, 0.4) is 0 Å². The van der Waals surface area contributed by atoms with Crippen molar-refractivity contribution in [2.75, 3.05) is 0 Å². The summed E-state index contributed by atoms with van der Waals surface area (Å²) in [5.41, 5.74) is -0.0789. The topological polar surface area (TPSA) is 33.1 Å². The van der Waals surface area contributed by atoms with Gasteiger partial charge in [0.1, 0.15) is 0 Å². The average molecular weight is 217 g/mol. The lowest BCUT2D eigenvalue weighted by Crippen LogP contribution is -2.15. The molecule has 0 atom stereocenters. The zero-order valence-electron chi connectivity index (χ0n) is 7.93. The summed E-state index contributed by atoms with van der Waals surface area (Å²) in [7, 11) is 0. The molecule has 0 bridgehead atoms. The molecule has 1 aromatic rings. The summed E-state index contributed by atoms with van der Waals surface area (Å²) in [4.78, 5) is 3.74. The van der Waals surface area contributed by atoms with Crippen molar-refractivity contribution in [3.8, 4) is 5.88 Å². The molecule has 1 N–H and O–H groups in total. The predicted molar refractivity (Wildman–Crippen MR) is 47.5 cm³/mol. The Kier molecular flexibility index (Phi) is 2.32. The van der Waals surface area contributed by atoms with E-state index in [0.29, 0.717) is 24.6 Å². The Bertz CT molecular complexity index is 387. The van der Waals surface area contributed by atoms with Crippen molar-refractivity contribution in [1.29, 1.82) is 0 Å². The second-order valence-corrected chi connectivity index (χ2v) is 3.66. The number of alkyl halides is 3. The van der Waals surface area contributed by atoms with Crippen molar-refractivity contribution in [1.82, 2.24) is 4.98 Å². The molecule has 5 heteroatoms. The van der Waals surface area contributed by atoms with Crippen molar-refractivity contribution in [2.24, 2.45) is 0 Å². The lowest BCUT2D eigenvalue weighted by molar-refractivity contribution is -0.138. The van der Waals surface area contributed by atoms with Gasteiger partial charge >= 0.3 is 6.18 Å². The Labute approximate surface area is 84.8 Å². The number of halogens is 3. The van der Waals surface area contributed by atoms with Crippen LogP contribution in [-0.2, 0) is 19.0 Å². The number of hydrogen-bond donors (Lipinski definition) is 1. The maximum atomic E-state index is 12.6. The molecule has 82 valence electrons. The number of pyridine rings is 1. The van der Waals surface area contributed by atoms with Gasteiger partial charge in [0.15, 0.2) is 0 Å². The summed E-state index contributed by atoms with van der Waals surface area (Å²) in [5, 5.41) is 9.12. The maximum Gasteiger partial charge on any atom is 0.416 e. The second kappa shape index (κ2) is 3.40. The minimum atomic E-state index is -4.40. The minimum Gasteiger partial charge on any atom is -0.493 e. The monoisotopic (exact) mass is 217 g/mol. The maximum absolute atomic E-state index is 12.6. The molecule has 0 unspecified atom stereocenters. The molecule has 1 aliphatic rings. The number of aromatic nitrogens is 1. The molecule has 2 rings (SSSR count).